The largest absolute Gasteiger partial charge is 0.360 e. The van der Waals surface area contributed by atoms with E-state index in [2.05, 4.69) is 40.5 Å². The minimum absolute atomic E-state index is 0.203. The monoisotopic (exact) mass is 482 g/mol. The molecule has 9 heteroatoms. The van der Waals surface area contributed by atoms with Gasteiger partial charge in [0.2, 0.25) is 5.95 Å². The first-order chi connectivity index (χ1) is 15.8. The van der Waals surface area contributed by atoms with Gasteiger partial charge in [-0.25, -0.2) is 9.97 Å². The number of aromatic nitrogens is 3. The number of aromatic amines is 1. The summed E-state index contributed by atoms with van der Waals surface area (Å²) >= 11 is 6.54. The van der Waals surface area contributed by atoms with Crippen LogP contribution in [0.1, 0.15) is 38.7 Å². The van der Waals surface area contributed by atoms with E-state index in [1.807, 2.05) is 12.3 Å². The Labute approximate surface area is 198 Å². The number of benzene rings is 1. The van der Waals surface area contributed by atoms with Gasteiger partial charge in [0.15, 0.2) is 0 Å². The van der Waals surface area contributed by atoms with Gasteiger partial charge in [0.05, 0.1) is 39.4 Å². The molecular formula is C24H28ClN6OP. The maximum Gasteiger partial charge on any atom is 0.223 e. The number of anilines is 1. The lowest BCUT2D eigenvalue weighted by Gasteiger charge is -2.36. The number of rotatable bonds is 4. The van der Waals surface area contributed by atoms with Crippen molar-refractivity contribution in [1.82, 2.24) is 20.3 Å². The molecular weight excluding hydrogens is 455 g/mol. The average Bonchev–Trinajstić information content (AvgIpc) is 3.40. The fourth-order valence-corrected chi connectivity index (χ4v) is 8.76. The van der Waals surface area contributed by atoms with E-state index in [9.17, 15) is 9.83 Å². The van der Waals surface area contributed by atoms with E-state index in [4.69, 9.17) is 16.6 Å². The summed E-state index contributed by atoms with van der Waals surface area (Å²) in [5.74, 6) is 0.533. The molecule has 5 rings (SSSR count). The molecule has 2 aliphatic rings. The van der Waals surface area contributed by atoms with Crippen LogP contribution in [0.2, 0.25) is 5.02 Å². The highest BCUT2D eigenvalue weighted by atomic mass is 35.5. The number of halogens is 1. The molecule has 3 aromatic rings. The summed E-state index contributed by atoms with van der Waals surface area (Å²) in [6, 6.07) is 6.14. The highest BCUT2D eigenvalue weighted by Crippen LogP contribution is 2.53. The molecule has 1 atom stereocenters. The van der Waals surface area contributed by atoms with Crippen molar-refractivity contribution in [3.8, 4) is 17.3 Å². The van der Waals surface area contributed by atoms with E-state index < -0.39 is 7.14 Å². The quantitative estimate of drug-likeness (QED) is 0.464. The number of hydrogen-bond donors (Lipinski definition) is 3. The van der Waals surface area contributed by atoms with Crippen LogP contribution >= 0.6 is 18.7 Å². The normalized spacial score (nSPS) is 21.7. The fraction of sp³-hybridized carbons (Fsp3) is 0.458. The van der Waals surface area contributed by atoms with Gasteiger partial charge in [0.1, 0.15) is 7.14 Å². The van der Waals surface area contributed by atoms with Gasteiger partial charge < -0.3 is 20.2 Å². The maximum atomic E-state index is 13.7. The maximum absolute atomic E-state index is 13.7. The van der Waals surface area contributed by atoms with E-state index >= 15 is 0 Å². The predicted molar refractivity (Wildman–Crippen MR) is 134 cm³/mol. The van der Waals surface area contributed by atoms with Gasteiger partial charge in [-0.3, -0.25) is 0 Å². The molecule has 0 unspecified atom stereocenters. The third-order valence-corrected chi connectivity index (χ3v) is 10.4. The molecule has 0 saturated carbocycles. The van der Waals surface area contributed by atoms with Gasteiger partial charge in [0, 0.05) is 48.6 Å². The van der Waals surface area contributed by atoms with Crippen LogP contribution in [0.15, 0.2) is 24.5 Å². The summed E-state index contributed by atoms with van der Waals surface area (Å²) in [4.78, 5) is 12.5. The minimum atomic E-state index is -2.60. The van der Waals surface area contributed by atoms with Crippen LogP contribution in [0, 0.1) is 16.7 Å². The highest BCUT2D eigenvalue weighted by molar-refractivity contribution is 7.72. The van der Waals surface area contributed by atoms with Crippen molar-refractivity contribution in [2.45, 2.75) is 39.2 Å². The van der Waals surface area contributed by atoms with Crippen molar-refractivity contribution in [3.63, 3.8) is 0 Å². The number of fused-ring (bicyclic) bond motifs is 1. The van der Waals surface area contributed by atoms with Crippen LogP contribution in [-0.4, -0.2) is 46.4 Å². The Balaban J connectivity index is 1.55. The standard InChI is InChI=1S/C24H28ClN6OP/c1-24(2)9-16(11-27-14-24)30-23-29-13-19(25)20(31-23)18-12-28-21-17(18)6-5-15(10-26)22(21)33(32)7-3-4-8-33/h5-6,12-13,16,27-28H,3-4,7-9,11,14H2,1-2H3,(H,29,30,31)/t16-/m0/s1. The molecule has 0 amide bonds. The smallest absolute Gasteiger partial charge is 0.223 e. The van der Waals surface area contributed by atoms with E-state index in [-0.39, 0.29) is 11.5 Å². The zero-order valence-electron chi connectivity index (χ0n) is 18.9. The molecule has 3 N–H and O–H groups in total. The summed E-state index contributed by atoms with van der Waals surface area (Å²) in [5, 5.41) is 18.6. The third-order valence-electron chi connectivity index (χ3n) is 6.77. The fourth-order valence-electron chi connectivity index (χ4n) is 5.27. The molecule has 0 radical (unpaired) electrons. The van der Waals surface area contributed by atoms with Gasteiger partial charge in [-0.15, -0.1) is 0 Å². The number of H-pyrrole nitrogens is 1. The van der Waals surface area contributed by atoms with Crippen molar-refractivity contribution < 1.29 is 4.57 Å². The second-order valence-corrected chi connectivity index (χ2v) is 13.5. The van der Waals surface area contributed by atoms with Crippen LogP contribution < -0.4 is 15.9 Å². The first kappa shape index (κ1) is 22.4. The van der Waals surface area contributed by atoms with Crippen molar-refractivity contribution >= 4 is 40.9 Å². The lowest BCUT2D eigenvalue weighted by Crippen LogP contribution is -2.47. The Morgan fingerprint density at radius 1 is 1.30 bits per heavy atom. The number of nitriles is 1. The summed E-state index contributed by atoms with van der Waals surface area (Å²) in [7, 11) is -2.60. The van der Waals surface area contributed by atoms with Gasteiger partial charge >= 0.3 is 0 Å². The van der Waals surface area contributed by atoms with Crippen LogP contribution in [0.5, 0.6) is 0 Å². The van der Waals surface area contributed by atoms with Crippen molar-refractivity contribution in [1.29, 1.82) is 5.26 Å². The van der Waals surface area contributed by atoms with Gasteiger partial charge in [-0.1, -0.05) is 31.5 Å². The minimum Gasteiger partial charge on any atom is -0.360 e. The van der Waals surface area contributed by atoms with Gasteiger partial charge in [-0.05, 0) is 30.7 Å². The van der Waals surface area contributed by atoms with Crippen molar-refractivity contribution in [3.05, 3.63) is 35.1 Å². The van der Waals surface area contributed by atoms with Gasteiger partial charge in [0.25, 0.3) is 0 Å². The lowest BCUT2D eigenvalue weighted by atomic mass is 9.83. The summed E-state index contributed by atoms with van der Waals surface area (Å²) in [6.07, 6.45) is 7.67. The number of piperidine rings is 1. The zero-order valence-corrected chi connectivity index (χ0v) is 20.6. The molecule has 0 spiro atoms. The van der Waals surface area contributed by atoms with E-state index in [0.29, 0.717) is 39.9 Å². The molecule has 1 aromatic carbocycles. The Hall–Kier alpha value is -2.39. The van der Waals surface area contributed by atoms with Crippen LogP contribution in [0.4, 0.5) is 5.95 Å². The first-order valence-corrected chi connectivity index (χ1v) is 13.9. The zero-order chi connectivity index (χ0) is 23.2. The molecule has 0 bridgehead atoms. The van der Waals surface area contributed by atoms with E-state index in [1.54, 1.807) is 12.3 Å². The lowest BCUT2D eigenvalue weighted by molar-refractivity contribution is 0.249. The molecule has 172 valence electrons. The molecule has 2 fully saturated rings. The Morgan fingerprint density at radius 2 is 2.09 bits per heavy atom. The summed E-state index contributed by atoms with van der Waals surface area (Å²) in [5.41, 5.74) is 2.89. The highest BCUT2D eigenvalue weighted by Gasteiger charge is 2.34. The van der Waals surface area contributed by atoms with E-state index in [0.717, 1.165) is 48.8 Å². The van der Waals surface area contributed by atoms with Crippen molar-refractivity contribution in [2.24, 2.45) is 5.41 Å². The number of hydrogen-bond acceptors (Lipinski definition) is 6. The van der Waals surface area contributed by atoms with Crippen LogP contribution in [0.3, 0.4) is 0 Å². The third kappa shape index (κ3) is 4.17. The molecule has 2 aliphatic heterocycles. The summed E-state index contributed by atoms with van der Waals surface area (Å²) < 4.78 is 13.7. The predicted octanol–water partition coefficient (Wildman–Crippen LogP) is 4.73. The van der Waals surface area contributed by atoms with Crippen LogP contribution in [-0.2, 0) is 4.57 Å². The molecule has 7 nitrogen and oxygen atoms in total. The Bertz CT molecular complexity index is 1300. The molecule has 4 heterocycles. The topological polar surface area (TPSA) is 106 Å². The SMILES string of the molecule is CC1(C)CNC[C@@H](Nc2ncc(Cl)c(-c3c[nH]c4c(P5(=O)CCCC5)c(C#N)ccc34)n2)C1. The van der Waals surface area contributed by atoms with Gasteiger partial charge in [-0.2, -0.15) is 5.26 Å². The number of nitrogens with zero attached hydrogens (tertiary/aromatic N) is 3. The molecule has 0 aliphatic carbocycles. The van der Waals surface area contributed by atoms with Crippen LogP contribution in [0.25, 0.3) is 22.2 Å². The average molecular weight is 483 g/mol. The molecule has 2 saturated heterocycles. The first-order valence-electron chi connectivity index (χ1n) is 11.4. The molecule has 33 heavy (non-hydrogen) atoms. The second-order valence-electron chi connectivity index (χ2n) is 9.97. The number of nitrogens with one attached hydrogen (secondary N) is 3. The Kier molecular flexibility index (Phi) is 5.73. The van der Waals surface area contributed by atoms with Crippen molar-refractivity contribution in [2.75, 3.05) is 30.7 Å². The Morgan fingerprint density at radius 3 is 2.82 bits per heavy atom. The second kappa shape index (κ2) is 8.43. The summed E-state index contributed by atoms with van der Waals surface area (Å²) in [6.45, 7) is 6.34. The van der Waals surface area contributed by atoms with E-state index in [1.165, 1.54) is 0 Å². The molecule has 2 aromatic heterocycles.